The van der Waals surface area contributed by atoms with E-state index in [2.05, 4.69) is 18.9 Å². The van der Waals surface area contributed by atoms with Crippen LogP contribution in [-0.2, 0) is 34.6 Å². The van der Waals surface area contributed by atoms with Crippen molar-refractivity contribution in [2.45, 2.75) is 30.2 Å². The maximum absolute atomic E-state index is 13.9. The van der Waals surface area contributed by atoms with Gasteiger partial charge in [-0.15, -0.1) is 0 Å². The van der Waals surface area contributed by atoms with Gasteiger partial charge in [0.1, 0.15) is 17.3 Å². The van der Waals surface area contributed by atoms with Gasteiger partial charge in [-0.25, -0.2) is 43.9 Å². The largest absolute Gasteiger partial charge is 0.493 e. The molecule has 0 N–H and O–H groups in total. The molecular weight excluding hydrogens is 851 g/mol. The molecule has 0 fully saturated rings. The first-order valence-electron chi connectivity index (χ1n) is 15.0. The van der Waals surface area contributed by atoms with Crippen molar-refractivity contribution in [3.8, 4) is 11.5 Å². The van der Waals surface area contributed by atoms with Crippen molar-refractivity contribution < 1.29 is 92.0 Å². The van der Waals surface area contributed by atoms with E-state index >= 15 is 0 Å². The van der Waals surface area contributed by atoms with E-state index in [0.29, 0.717) is 0 Å². The number of rotatable bonds is 15. The number of ether oxygens (including phenoxy) is 2. The van der Waals surface area contributed by atoms with Crippen LogP contribution in [0.1, 0.15) is 30.0 Å². The van der Waals surface area contributed by atoms with Crippen LogP contribution in [0.2, 0.25) is 0 Å². The molecule has 10 nitrogen and oxygen atoms in total. The second kappa shape index (κ2) is 17.3. The number of nitrogens with zero attached hydrogens (tertiary/aromatic N) is 2. The summed E-state index contributed by atoms with van der Waals surface area (Å²) in [5, 5.41) is 5.68. The lowest BCUT2D eigenvalue weighted by Crippen LogP contribution is -2.25. The van der Waals surface area contributed by atoms with Crippen LogP contribution < -0.4 is 9.47 Å². The Morgan fingerprint density at radius 2 is 0.965 bits per heavy atom. The zero-order chi connectivity index (χ0) is 42.6. The molecule has 0 saturated carbocycles. The third-order valence-electron chi connectivity index (χ3n) is 7.05. The molecule has 0 spiro atoms. The first-order chi connectivity index (χ1) is 26.5. The molecule has 0 radical (unpaired) electrons. The number of hydrogen-bond donors (Lipinski definition) is 0. The van der Waals surface area contributed by atoms with Crippen LogP contribution in [0.25, 0.3) is 0 Å². The molecule has 0 aliphatic carbocycles. The van der Waals surface area contributed by atoms with Gasteiger partial charge in [0.2, 0.25) is 11.6 Å². The van der Waals surface area contributed by atoms with Gasteiger partial charge in [0, 0.05) is 17.5 Å². The van der Waals surface area contributed by atoms with E-state index in [0.717, 1.165) is 24.3 Å². The molecule has 57 heavy (non-hydrogen) atoms. The summed E-state index contributed by atoms with van der Waals surface area (Å²) in [5.41, 5.74) is -4.45. The fraction of sp³-hybridized carbons (Fsp3) is 0.188. The van der Waals surface area contributed by atoms with E-state index in [4.69, 9.17) is 9.47 Å². The van der Waals surface area contributed by atoms with Gasteiger partial charge >= 0.3 is 26.4 Å². The molecule has 4 aromatic carbocycles. The summed E-state index contributed by atoms with van der Waals surface area (Å²) < 4.78 is 244. The van der Waals surface area contributed by atoms with Crippen LogP contribution in [0, 0.1) is 58.2 Å². The molecule has 0 saturated heterocycles. The lowest BCUT2D eigenvalue weighted by molar-refractivity contribution is -0.0597. The smallest absolute Gasteiger partial charge is 0.437 e. The molecule has 0 aliphatic heterocycles. The highest BCUT2D eigenvalue weighted by Gasteiger charge is 2.40. The van der Waals surface area contributed by atoms with E-state index in [-0.39, 0.29) is 42.4 Å². The summed E-state index contributed by atoms with van der Waals surface area (Å²) in [6.45, 7) is 1.18. The lowest BCUT2D eigenvalue weighted by Gasteiger charge is -2.12. The van der Waals surface area contributed by atoms with Gasteiger partial charge in [0.15, 0.2) is 57.1 Å². The van der Waals surface area contributed by atoms with Crippen LogP contribution in [0.5, 0.6) is 11.5 Å². The van der Waals surface area contributed by atoms with Crippen molar-refractivity contribution in [1.82, 2.24) is 0 Å². The highest BCUT2D eigenvalue weighted by Crippen LogP contribution is 2.30. The van der Waals surface area contributed by atoms with Gasteiger partial charge in [-0.1, -0.05) is 10.3 Å². The summed E-state index contributed by atoms with van der Waals surface area (Å²) >= 11 is 0. The zero-order valence-corrected chi connectivity index (χ0v) is 29.5. The average molecular weight is 871 g/mol. The minimum atomic E-state index is -6.12. The third-order valence-corrected chi connectivity index (χ3v) is 9.12. The van der Waals surface area contributed by atoms with E-state index in [9.17, 15) is 73.9 Å². The van der Waals surface area contributed by atoms with Crippen LogP contribution in [0.3, 0.4) is 0 Å². The zero-order valence-electron chi connectivity index (χ0n) is 27.8. The fourth-order valence-corrected chi connectivity index (χ4v) is 6.03. The highest BCUT2D eigenvalue weighted by atomic mass is 32.2. The van der Waals surface area contributed by atoms with E-state index in [1.54, 1.807) is 0 Å². The van der Waals surface area contributed by atoms with Crippen molar-refractivity contribution in [3.05, 3.63) is 123 Å². The molecule has 0 aromatic heterocycles. The molecule has 0 heterocycles. The topological polar surface area (TPSA) is 130 Å². The summed E-state index contributed by atoms with van der Waals surface area (Å²) in [7, 11) is -11.1. The summed E-state index contributed by atoms with van der Waals surface area (Å²) in [6.07, 6.45) is -5.29. The fourth-order valence-electron chi connectivity index (χ4n) is 4.28. The van der Waals surface area contributed by atoms with E-state index in [1.165, 1.54) is 31.2 Å². The van der Waals surface area contributed by atoms with E-state index < -0.39 is 112 Å². The molecule has 4 aromatic rings. The summed E-state index contributed by atoms with van der Waals surface area (Å²) in [5.74, 6) is -27.3. The third kappa shape index (κ3) is 10.2. The Labute approximate surface area is 311 Å². The monoisotopic (exact) mass is 870 g/mol. The van der Waals surface area contributed by atoms with Gasteiger partial charge < -0.3 is 9.47 Å². The number of halogens is 13. The molecule has 4 rings (SSSR count). The first kappa shape index (κ1) is 44.1. The lowest BCUT2D eigenvalue weighted by atomic mass is 10.1. The van der Waals surface area contributed by atoms with Crippen molar-refractivity contribution >= 4 is 31.7 Å². The summed E-state index contributed by atoms with van der Waals surface area (Å²) in [6, 6.07) is 8.97. The maximum atomic E-state index is 13.9. The Bertz CT molecular complexity index is 2390. The number of benzene rings is 4. The van der Waals surface area contributed by atoms with Gasteiger partial charge in [-0.2, -0.15) is 30.0 Å². The molecular formula is C32H19F13N2O8S2. The second-order valence-corrected chi connectivity index (χ2v) is 14.0. The summed E-state index contributed by atoms with van der Waals surface area (Å²) in [4.78, 5) is -2.57. The molecule has 0 amide bonds. The Morgan fingerprint density at radius 3 is 1.40 bits per heavy atom. The Balaban J connectivity index is 1.30. The Kier molecular flexibility index (Phi) is 13.4. The van der Waals surface area contributed by atoms with Gasteiger partial charge in [-0.3, -0.25) is 8.57 Å². The first-order valence-corrected chi connectivity index (χ1v) is 18.0. The van der Waals surface area contributed by atoms with Crippen molar-refractivity contribution in [2.75, 3.05) is 13.2 Å². The van der Waals surface area contributed by atoms with Crippen molar-refractivity contribution in [3.63, 3.8) is 0 Å². The standard InChI is InChI=1S/C32H19F13N2O8S2/c1-14(46-54-56(48,49)13-19-20(33)22(35)24(37)23(36)21(19)34)15-3-7-17(8-4-15)52-11-2-12-53-18-9-5-16(6-10-18)31(32(43,44)45)47-55-57(50,51)30-28(41)26(39)25(38)27(40)29(30)42/h3-10H,2,11-13H2,1H3/b46-14+,47-31-. The predicted molar refractivity (Wildman–Crippen MR) is 168 cm³/mol. The molecule has 0 aliphatic rings. The molecule has 0 unspecified atom stereocenters. The van der Waals surface area contributed by atoms with Crippen LogP contribution in [0.15, 0.2) is 63.7 Å². The SMILES string of the molecule is C/C(=N\OS(=O)(=O)Cc1c(F)c(F)c(F)c(F)c1F)c1ccc(OCCCOc2ccc(/C(=N/OS(=O)(=O)c3c(F)c(F)c(F)c(F)c3F)C(F)(F)F)cc2)cc1. The molecule has 25 heteroatoms. The highest BCUT2D eigenvalue weighted by molar-refractivity contribution is 7.86. The maximum Gasteiger partial charge on any atom is 0.437 e. The second-order valence-electron chi connectivity index (χ2n) is 11.0. The molecule has 0 bridgehead atoms. The quantitative estimate of drug-likeness (QED) is 0.0295. The Morgan fingerprint density at radius 1 is 0.561 bits per heavy atom. The minimum Gasteiger partial charge on any atom is -0.493 e. The van der Waals surface area contributed by atoms with E-state index in [1.807, 2.05) is 0 Å². The minimum absolute atomic E-state index is 0.00326. The van der Waals surface area contributed by atoms with Gasteiger partial charge in [0.05, 0.1) is 18.9 Å². The predicted octanol–water partition coefficient (Wildman–Crippen LogP) is 7.87. The number of oxime groups is 2. The van der Waals surface area contributed by atoms with Crippen LogP contribution in [0.4, 0.5) is 57.1 Å². The average Bonchev–Trinajstić information content (AvgIpc) is 3.15. The van der Waals surface area contributed by atoms with Crippen molar-refractivity contribution in [1.29, 1.82) is 0 Å². The molecule has 308 valence electrons. The van der Waals surface area contributed by atoms with Crippen LogP contribution >= 0.6 is 0 Å². The normalized spacial score (nSPS) is 12.8. The van der Waals surface area contributed by atoms with Crippen molar-refractivity contribution in [2.24, 2.45) is 10.3 Å². The number of alkyl halides is 3. The Hall–Kier alpha value is -5.59. The molecule has 0 atom stereocenters. The van der Waals surface area contributed by atoms with Gasteiger partial charge in [-0.05, 0) is 61.0 Å². The van der Waals surface area contributed by atoms with Gasteiger partial charge in [0.25, 0.3) is 0 Å². The number of hydrogen-bond acceptors (Lipinski definition) is 10. The van der Waals surface area contributed by atoms with Crippen LogP contribution in [-0.4, -0.2) is 47.6 Å².